The Labute approximate surface area is 184 Å². The molecule has 0 spiro atoms. The Kier molecular flexibility index (Phi) is 4.99. The van der Waals surface area contributed by atoms with Crippen LogP contribution >= 0.6 is 25.8 Å². The summed E-state index contributed by atoms with van der Waals surface area (Å²) in [7, 11) is 0. The monoisotopic (exact) mass is 554 g/mol. The van der Waals surface area contributed by atoms with E-state index in [-0.39, 0.29) is 12.4 Å². The average molecular weight is 554 g/mol. The van der Waals surface area contributed by atoms with Gasteiger partial charge in [0.1, 0.15) is 0 Å². The summed E-state index contributed by atoms with van der Waals surface area (Å²) in [5, 5.41) is 13.7. The van der Waals surface area contributed by atoms with E-state index in [0.717, 1.165) is 4.57 Å². The van der Waals surface area contributed by atoms with Crippen LogP contribution < -0.4 is 11.0 Å². The van der Waals surface area contributed by atoms with Crippen LogP contribution in [0, 0.1) is 0 Å². The first-order valence-corrected chi connectivity index (χ1v) is 14.1. The number of halogens is 1. The number of aliphatic hydroxyl groups is 1. The Morgan fingerprint density at radius 1 is 1.55 bits per heavy atom. The minimum atomic E-state index is -3.12. The van der Waals surface area contributed by atoms with Gasteiger partial charge in [0.05, 0.1) is 0 Å². The summed E-state index contributed by atoms with van der Waals surface area (Å²) in [6.45, 7) is 1.42. The zero-order valence-corrected chi connectivity index (χ0v) is 19.0. The number of nitrogens with zero attached hydrogens (tertiary/aromatic N) is 2. The molecule has 156 valence electrons. The van der Waals surface area contributed by atoms with Crippen molar-refractivity contribution in [1.82, 2.24) is 9.55 Å². The Hall–Kier alpha value is -1.21. The van der Waals surface area contributed by atoms with E-state index < -0.39 is 61.4 Å². The van der Waals surface area contributed by atoms with Crippen molar-refractivity contribution in [3.63, 3.8) is 0 Å². The zero-order valence-electron chi connectivity index (χ0n) is 17.1. The van der Waals surface area contributed by atoms with Crippen molar-refractivity contribution in [2.45, 2.75) is 31.0 Å². The third-order valence-corrected chi connectivity index (χ3v) is 7.74. The Bertz CT molecular complexity index is 1100. The fourth-order valence-corrected chi connectivity index (χ4v) is 5.99. The van der Waals surface area contributed by atoms with Gasteiger partial charge < -0.3 is 0 Å². The van der Waals surface area contributed by atoms with Gasteiger partial charge in [-0.2, -0.15) is 0 Å². The molecule has 2 aliphatic rings. The van der Waals surface area contributed by atoms with Crippen LogP contribution in [0.2, 0.25) is 0 Å². The number of carbonyl (C=O) groups excluding carboxylic acids is 1. The molecule has 9 nitrogen and oxygen atoms in total. The van der Waals surface area contributed by atoms with E-state index in [4.69, 9.17) is 26.8 Å². The molecule has 2 saturated heterocycles. The van der Waals surface area contributed by atoms with E-state index in [0.29, 0.717) is 5.56 Å². The van der Waals surface area contributed by atoms with Gasteiger partial charge in [0, 0.05) is 0 Å². The number of fused-ring (bicyclic) bond motifs is 1. The van der Waals surface area contributed by atoms with E-state index in [2.05, 4.69) is 10.3 Å². The molecule has 0 saturated carbocycles. The van der Waals surface area contributed by atoms with Gasteiger partial charge in [-0.1, -0.05) is 18.2 Å². The van der Waals surface area contributed by atoms with Crippen LogP contribution in [-0.4, -0.2) is 46.2 Å². The first-order chi connectivity index (χ1) is 14.6. The molecule has 0 bridgehead atoms. The van der Waals surface area contributed by atoms with Gasteiger partial charge in [-0.3, -0.25) is 0 Å². The summed E-state index contributed by atoms with van der Waals surface area (Å²) in [5.74, 6) is -0.361. The maximum absolute atomic E-state index is 12.6. The molecule has 2 aromatic rings. The molecule has 1 aromatic heterocycles. The summed E-state index contributed by atoms with van der Waals surface area (Å²) in [6, 6.07) is 9.91. The number of hydrogen-bond donors (Lipinski definition) is 2. The molecule has 29 heavy (non-hydrogen) atoms. The number of amides is 1. The number of hydrogen-bond acceptors (Lipinski definition) is 8. The molecule has 3 heterocycles. The van der Waals surface area contributed by atoms with Crippen LogP contribution in [0.1, 0.15) is 23.5 Å². The number of rotatable bonds is 4. The van der Waals surface area contributed by atoms with Crippen molar-refractivity contribution < 1.29 is 23.7 Å². The fraction of sp³-hybridized carbons (Fsp3) is 0.353. The Balaban J connectivity index is 1.56. The molecule has 4 rings (SSSR count). The van der Waals surface area contributed by atoms with E-state index in [9.17, 15) is 14.7 Å². The first kappa shape index (κ1) is 18.6. The van der Waals surface area contributed by atoms with Crippen LogP contribution in [0.3, 0.4) is 0 Å². The van der Waals surface area contributed by atoms with Crippen molar-refractivity contribution in [2.75, 3.05) is 11.9 Å². The van der Waals surface area contributed by atoms with E-state index in [1.165, 1.54) is 19.2 Å². The van der Waals surface area contributed by atoms with Crippen molar-refractivity contribution in [2.24, 2.45) is 0 Å². The molecule has 2 unspecified atom stereocenters. The first-order valence-electron chi connectivity index (χ1n) is 9.39. The van der Waals surface area contributed by atoms with Gasteiger partial charge >= 0.3 is 155 Å². The van der Waals surface area contributed by atoms with Gasteiger partial charge in [0.25, 0.3) is 0 Å². The molecule has 2 aliphatic heterocycles. The SMILES string of the molecule is [2H]I([3H])P1(=S)OC[C@H]2O[C@@H](n3ccc(NC(=O)c4ccccc4)nc3=O)[C@](C)(O)C2O1. The number of anilines is 1. The van der Waals surface area contributed by atoms with Gasteiger partial charge in [-0.15, -0.1) is 0 Å². The summed E-state index contributed by atoms with van der Waals surface area (Å²) in [6.07, 6.45) is -1.43. The van der Waals surface area contributed by atoms with Crippen LogP contribution in [0.15, 0.2) is 47.4 Å². The number of nitrogens with one attached hydrogen (secondary N) is 1. The zero-order chi connectivity index (χ0) is 22.4. The molecule has 5 atom stereocenters. The molecule has 1 amide bonds. The minimum absolute atomic E-state index is 0.0201. The Morgan fingerprint density at radius 3 is 3.00 bits per heavy atom. The molecule has 0 aliphatic carbocycles. The number of aromatic nitrogens is 2. The van der Waals surface area contributed by atoms with Crippen molar-refractivity contribution >= 4 is 49.3 Å². The van der Waals surface area contributed by atoms with E-state index >= 15 is 0 Å². The maximum atomic E-state index is 12.6. The predicted molar refractivity (Wildman–Crippen MR) is 119 cm³/mol. The van der Waals surface area contributed by atoms with Gasteiger partial charge in [0.15, 0.2) is 0 Å². The van der Waals surface area contributed by atoms with Crippen molar-refractivity contribution in [3.05, 3.63) is 58.6 Å². The summed E-state index contributed by atoms with van der Waals surface area (Å²) in [4.78, 5) is 28.8. The van der Waals surface area contributed by atoms with E-state index in [1.807, 2.05) is 0 Å². The van der Waals surface area contributed by atoms with E-state index in [1.54, 1.807) is 30.3 Å². The van der Waals surface area contributed by atoms with Crippen LogP contribution in [0.25, 0.3) is 0 Å². The van der Waals surface area contributed by atoms with Gasteiger partial charge in [0.2, 0.25) is 0 Å². The van der Waals surface area contributed by atoms with Crippen molar-refractivity contribution in [1.29, 1.82) is 1.19 Å². The Morgan fingerprint density at radius 2 is 2.31 bits per heavy atom. The molecule has 12 heteroatoms. The normalized spacial score (nSPS) is 35.2. The second-order valence-electron chi connectivity index (χ2n) is 6.83. The summed E-state index contributed by atoms with van der Waals surface area (Å²) < 4.78 is 30.5. The van der Waals surface area contributed by atoms with Gasteiger partial charge in [-0.05, 0) is 12.1 Å². The quantitative estimate of drug-likeness (QED) is 0.434. The standard InChI is InChI=1S/C17H19IN3O6PS/c1-17(24)13-11(9-25-28(18,29)27-13)26-15(17)21-8-7-12(20-16(21)23)19-14(22)10-5-3-2-4-6-10/h2-8,11,13,15,24H,9,18H2,1H3,(H,19,20,22,23)/t11-,13?,15-,17-,28?/m1/s1/i18TD. The third-order valence-electron chi connectivity index (χ3n) is 4.71. The molecule has 1 aromatic carbocycles. The second-order valence-corrected chi connectivity index (χ2v) is 15.4. The van der Waals surface area contributed by atoms with Crippen molar-refractivity contribution in [3.8, 4) is 0 Å². The number of benzene rings is 1. The molecular weight excluding hydrogens is 532 g/mol. The summed E-state index contributed by atoms with van der Waals surface area (Å²) >= 11 is 2.14. The average Bonchev–Trinajstić information content (AvgIpc) is 2.99. The molecular formula is C17H19IN3O6PS. The molecule has 2 fully saturated rings. The number of carbonyl (C=O) groups is 1. The predicted octanol–water partition coefficient (Wildman–Crippen LogP) is 1.68. The van der Waals surface area contributed by atoms with Crippen LogP contribution in [0.4, 0.5) is 5.82 Å². The second kappa shape index (κ2) is 7.80. The van der Waals surface area contributed by atoms with Crippen LogP contribution in [-0.2, 0) is 25.6 Å². The summed E-state index contributed by atoms with van der Waals surface area (Å²) in [5.41, 5.74) is -2.01. The topological polar surface area (TPSA) is 112 Å². The third kappa shape index (κ3) is 4.18. The fourth-order valence-electron chi connectivity index (χ4n) is 3.31. The number of ether oxygens (including phenoxy) is 1. The molecule has 0 radical (unpaired) electrons. The van der Waals surface area contributed by atoms with Crippen LogP contribution in [0.5, 0.6) is 0 Å². The molecule has 2 N–H and O–H groups in total. The van der Waals surface area contributed by atoms with Gasteiger partial charge in [-0.25, -0.2) is 0 Å².